The predicted octanol–water partition coefficient (Wildman–Crippen LogP) is 4.83. The maximum Gasteiger partial charge on any atom is 0.268 e. The number of rotatable bonds is 4. The van der Waals surface area contributed by atoms with Crippen molar-refractivity contribution in [1.82, 2.24) is 10.3 Å². The largest absolute Gasteiger partial charge is 0.352 e. The van der Waals surface area contributed by atoms with Crippen LogP contribution in [-0.2, 0) is 6.42 Å². The van der Waals surface area contributed by atoms with Crippen LogP contribution in [0.25, 0.3) is 10.4 Å². The molecule has 168 valence electrons. The first kappa shape index (κ1) is 23.0. The zero-order valence-corrected chi connectivity index (χ0v) is 19.8. The minimum Gasteiger partial charge on any atom is -0.352 e. The lowest BCUT2D eigenvalue weighted by Crippen LogP contribution is -2.36. The van der Waals surface area contributed by atoms with Crippen molar-refractivity contribution in [3.8, 4) is 10.4 Å². The highest BCUT2D eigenvalue weighted by Gasteiger charge is 2.33. The molecule has 0 radical (unpaired) electrons. The molecule has 0 unspecified atom stereocenters. The number of likely N-dealkylation sites (N-methyl/N-ethyl adjacent to an activating group) is 1. The number of pyridine rings is 1. The van der Waals surface area contributed by atoms with Gasteiger partial charge >= 0.3 is 0 Å². The Labute approximate surface area is 201 Å². The summed E-state index contributed by atoms with van der Waals surface area (Å²) < 4.78 is 14.0. The number of hydrogen-bond acceptors (Lipinski definition) is 5. The highest BCUT2D eigenvalue weighted by Crippen LogP contribution is 2.36. The van der Waals surface area contributed by atoms with E-state index < -0.39 is 6.17 Å². The van der Waals surface area contributed by atoms with E-state index in [0.29, 0.717) is 24.7 Å². The molecule has 1 saturated heterocycles. The maximum atomic E-state index is 14.0. The van der Waals surface area contributed by atoms with Crippen LogP contribution in [0.5, 0.6) is 0 Å². The SMILES string of the molecule is CN[C@H]1CN(c2ccc(N3CCc4cc(-c5ccc(Cl)cc5)sc4C3=O)cn2)C[C@H]1F.Cl. The first-order chi connectivity index (χ1) is 15.0. The number of carbonyl (C=O) groups is 1. The number of anilines is 2. The van der Waals surface area contributed by atoms with Gasteiger partial charge in [0.05, 0.1) is 29.3 Å². The second-order valence-electron chi connectivity index (χ2n) is 7.87. The Morgan fingerprint density at radius 2 is 1.97 bits per heavy atom. The molecule has 0 saturated carbocycles. The van der Waals surface area contributed by atoms with Gasteiger partial charge in [-0.3, -0.25) is 4.79 Å². The van der Waals surface area contributed by atoms with Gasteiger partial charge < -0.3 is 15.1 Å². The number of aromatic nitrogens is 1. The highest BCUT2D eigenvalue weighted by molar-refractivity contribution is 7.17. The molecule has 0 bridgehead atoms. The van der Waals surface area contributed by atoms with Crippen LogP contribution in [0.15, 0.2) is 48.7 Å². The first-order valence-electron chi connectivity index (χ1n) is 10.3. The number of fused-ring (bicyclic) bond motifs is 1. The first-order valence-corrected chi connectivity index (χ1v) is 11.5. The zero-order chi connectivity index (χ0) is 21.5. The molecule has 9 heteroatoms. The number of nitrogens with zero attached hydrogens (tertiary/aromatic N) is 3. The molecule has 0 aliphatic carbocycles. The molecule has 4 heterocycles. The minimum atomic E-state index is -0.915. The summed E-state index contributed by atoms with van der Waals surface area (Å²) in [6, 6.07) is 13.4. The van der Waals surface area contributed by atoms with Crippen LogP contribution in [0.1, 0.15) is 15.2 Å². The molecule has 1 amide bonds. The van der Waals surface area contributed by atoms with Crippen LogP contribution in [0, 0.1) is 0 Å². The average Bonchev–Trinajstić information content (AvgIpc) is 3.39. The molecule has 1 fully saturated rings. The van der Waals surface area contributed by atoms with Crippen molar-refractivity contribution in [3.05, 3.63) is 64.1 Å². The van der Waals surface area contributed by atoms with E-state index in [1.54, 1.807) is 18.1 Å². The molecule has 3 aromatic rings. The van der Waals surface area contributed by atoms with Crippen molar-refractivity contribution in [3.63, 3.8) is 0 Å². The minimum absolute atomic E-state index is 0. The second-order valence-corrected chi connectivity index (χ2v) is 9.36. The number of amides is 1. The monoisotopic (exact) mass is 492 g/mol. The Bertz CT molecular complexity index is 1110. The van der Waals surface area contributed by atoms with E-state index in [0.717, 1.165) is 38.8 Å². The molecule has 2 aliphatic heterocycles. The number of nitrogens with one attached hydrogen (secondary N) is 1. The topological polar surface area (TPSA) is 48.5 Å². The van der Waals surface area contributed by atoms with Crippen LogP contribution >= 0.6 is 35.3 Å². The van der Waals surface area contributed by atoms with Crippen molar-refractivity contribution in [2.75, 3.05) is 36.5 Å². The standard InChI is InChI=1S/C23H22ClFN4OS.ClH/c1-26-19-13-28(12-18(19)25)21-7-6-17(11-27-21)29-9-8-15-10-20(31-22(15)23(29)30)14-2-4-16(24)5-3-14;/h2-7,10-11,18-19,26H,8-9,12-13H2,1H3;1H/t18-,19+;/m1./s1. The lowest BCUT2D eigenvalue weighted by molar-refractivity contribution is 0.0985. The summed E-state index contributed by atoms with van der Waals surface area (Å²) in [6.45, 7) is 1.52. The highest BCUT2D eigenvalue weighted by atomic mass is 35.5. The Morgan fingerprint density at radius 1 is 1.19 bits per heavy atom. The molecule has 2 aliphatic rings. The van der Waals surface area contributed by atoms with Gasteiger partial charge in [-0.25, -0.2) is 9.37 Å². The molecule has 0 spiro atoms. The van der Waals surface area contributed by atoms with E-state index in [4.69, 9.17) is 11.6 Å². The lowest BCUT2D eigenvalue weighted by atomic mass is 10.1. The average molecular weight is 493 g/mol. The van der Waals surface area contributed by atoms with Crippen molar-refractivity contribution >= 4 is 52.8 Å². The fourth-order valence-electron chi connectivity index (χ4n) is 4.20. The van der Waals surface area contributed by atoms with Gasteiger partial charge in [-0.1, -0.05) is 23.7 Å². The van der Waals surface area contributed by atoms with Crippen LogP contribution in [-0.4, -0.2) is 49.8 Å². The van der Waals surface area contributed by atoms with Crippen molar-refractivity contribution in [2.45, 2.75) is 18.6 Å². The summed E-state index contributed by atoms with van der Waals surface area (Å²) in [5.74, 6) is 0.733. The fraction of sp³-hybridized carbons (Fsp3) is 0.304. The van der Waals surface area contributed by atoms with Crippen LogP contribution in [0.3, 0.4) is 0 Å². The van der Waals surface area contributed by atoms with E-state index in [-0.39, 0.29) is 24.4 Å². The molecule has 2 atom stereocenters. The summed E-state index contributed by atoms with van der Waals surface area (Å²) in [6.07, 6.45) is 1.60. The molecule has 5 nitrogen and oxygen atoms in total. The third kappa shape index (κ3) is 4.22. The van der Waals surface area contributed by atoms with Gasteiger partial charge in [0, 0.05) is 23.0 Å². The summed E-state index contributed by atoms with van der Waals surface area (Å²) in [4.78, 5) is 23.3. The molecule has 2 aromatic heterocycles. The van der Waals surface area contributed by atoms with Crippen molar-refractivity contribution < 1.29 is 9.18 Å². The fourth-order valence-corrected chi connectivity index (χ4v) is 5.49. The molecule has 1 aromatic carbocycles. The van der Waals surface area contributed by atoms with E-state index in [1.165, 1.54) is 11.3 Å². The quantitative estimate of drug-likeness (QED) is 0.566. The number of carbonyl (C=O) groups excluding carboxylic acids is 1. The second kappa shape index (κ2) is 9.35. The van der Waals surface area contributed by atoms with Gasteiger partial charge in [-0.05, 0) is 54.9 Å². The number of benzene rings is 1. The van der Waals surface area contributed by atoms with Gasteiger partial charge in [0.25, 0.3) is 5.91 Å². The van der Waals surface area contributed by atoms with Crippen LogP contribution in [0.4, 0.5) is 15.9 Å². The van der Waals surface area contributed by atoms with E-state index >= 15 is 0 Å². The van der Waals surface area contributed by atoms with Gasteiger partial charge in [-0.15, -0.1) is 23.7 Å². The maximum absolute atomic E-state index is 14.0. The van der Waals surface area contributed by atoms with E-state index in [2.05, 4.69) is 16.4 Å². The van der Waals surface area contributed by atoms with Crippen LogP contribution in [0.2, 0.25) is 5.02 Å². The molecular weight excluding hydrogens is 470 g/mol. The zero-order valence-electron chi connectivity index (χ0n) is 17.4. The Balaban J connectivity index is 0.00000245. The third-order valence-electron chi connectivity index (χ3n) is 5.97. The number of halogens is 3. The summed E-state index contributed by atoms with van der Waals surface area (Å²) in [7, 11) is 1.77. The summed E-state index contributed by atoms with van der Waals surface area (Å²) in [5, 5.41) is 3.70. The third-order valence-corrected chi connectivity index (χ3v) is 7.44. The molecular formula is C23H23Cl2FN4OS. The Kier molecular flexibility index (Phi) is 6.72. The molecule has 32 heavy (non-hydrogen) atoms. The number of alkyl halides is 1. The smallest absolute Gasteiger partial charge is 0.268 e. The Morgan fingerprint density at radius 3 is 2.62 bits per heavy atom. The summed E-state index contributed by atoms with van der Waals surface area (Å²) in [5.41, 5.74) is 2.91. The van der Waals surface area contributed by atoms with E-state index in [9.17, 15) is 9.18 Å². The van der Waals surface area contributed by atoms with Crippen molar-refractivity contribution in [2.24, 2.45) is 0 Å². The summed E-state index contributed by atoms with van der Waals surface area (Å²) >= 11 is 7.51. The number of hydrogen-bond donors (Lipinski definition) is 1. The van der Waals surface area contributed by atoms with Gasteiger partial charge in [0.2, 0.25) is 0 Å². The lowest BCUT2D eigenvalue weighted by Gasteiger charge is -2.27. The molecule has 5 rings (SSSR count). The normalized spacial score (nSPS) is 20.3. The van der Waals surface area contributed by atoms with Crippen LogP contribution < -0.4 is 15.1 Å². The van der Waals surface area contributed by atoms with E-state index in [1.807, 2.05) is 41.3 Å². The van der Waals surface area contributed by atoms with Gasteiger partial charge in [0.15, 0.2) is 0 Å². The molecule has 1 N–H and O–H groups in total. The van der Waals surface area contributed by atoms with Crippen molar-refractivity contribution in [1.29, 1.82) is 0 Å². The number of thiophene rings is 1. The Hall–Kier alpha value is -2.19. The van der Waals surface area contributed by atoms with Gasteiger partial charge in [-0.2, -0.15) is 0 Å². The van der Waals surface area contributed by atoms with Gasteiger partial charge in [0.1, 0.15) is 12.0 Å². The predicted molar refractivity (Wildman–Crippen MR) is 132 cm³/mol.